The third kappa shape index (κ3) is 4.18. The summed E-state index contributed by atoms with van der Waals surface area (Å²) in [4.78, 5) is 41.0. The Balaban J connectivity index is 1.80. The predicted octanol–water partition coefficient (Wildman–Crippen LogP) is 3.55. The maximum absolute atomic E-state index is 13.0. The highest BCUT2D eigenvalue weighted by Crippen LogP contribution is 2.31. The van der Waals surface area contributed by atoms with Crippen LogP contribution in [0.3, 0.4) is 0 Å². The van der Waals surface area contributed by atoms with E-state index >= 15 is 0 Å². The molecule has 2 aromatic carbocycles. The van der Waals surface area contributed by atoms with Crippen molar-refractivity contribution in [1.82, 2.24) is 5.32 Å². The van der Waals surface area contributed by atoms with Gasteiger partial charge in [0.25, 0.3) is 17.5 Å². The molecule has 10 heteroatoms. The molecule has 2 N–H and O–H groups in total. The van der Waals surface area contributed by atoms with Gasteiger partial charge in [0, 0.05) is 30.1 Å². The number of nitrogens with zero attached hydrogens (tertiary/aromatic N) is 2. The molecule has 156 valence electrons. The van der Waals surface area contributed by atoms with Crippen LogP contribution in [-0.4, -0.2) is 35.1 Å². The molecule has 0 spiro atoms. The highest BCUT2D eigenvalue weighted by atomic mass is 79.9. The highest BCUT2D eigenvalue weighted by molar-refractivity contribution is 9.10. The number of anilines is 1. The van der Waals surface area contributed by atoms with Gasteiger partial charge in [-0.25, -0.2) is 0 Å². The largest absolute Gasteiger partial charge is 0.379 e. The number of carbonyl (C=O) groups is 2. The van der Waals surface area contributed by atoms with Crippen molar-refractivity contribution in [3.8, 4) is 0 Å². The Morgan fingerprint density at radius 2 is 1.93 bits per heavy atom. The Morgan fingerprint density at radius 3 is 2.53 bits per heavy atom. The summed E-state index contributed by atoms with van der Waals surface area (Å²) >= 11 is 3.36. The van der Waals surface area contributed by atoms with Gasteiger partial charge in [-0.15, -0.1) is 0 Å². The van der Waals surface area contributed by atoms with E-state index in [4.69, 9.17) is 4.84 Å². The summed E-state index contributed by atoms with van der Waals surface area (Å²) in [7, 11) is 1.51. The van der Waals surface area contributed by atoms with Gasteiger partial charge in [-0.3, -0.25) is 19.7 Å². The molecule has 1 atom stereocenters. The van der Waals surface area contributed by atoms with Gasteiger partial charge in [-0.1, -0.05) is 21.1 Å². The summed E-state index contributed by atoms with van der Waals surface area (Å²) in [5, 5.41) is 20.2. The number of nitro benzene ring substituents is 1. The zero-order valence-electron chi connectivity index (χ0n) is 16.5. The van der Waals surface area contributed by atoms with Crippen molar-refractivity contribution in [3.05, 3.63) is 67.7 Å². The van der Waals surface area contributed by atoms with Crippen LogP contribution in [0, 0.1) is 17.0 Å². The molecule has 30 heavy (non-hydrogen) atoms. The van der Waals surface area contributed by atoms with Crippen LogP contribution in [0.5, 0.6) is 0 Å². The molecule has 0 bridgehead atoms. The first-order valence-corrected chi connectivity index (χ1v) is 9.77. The Labute approximate surface area is 180 Å². The van der Waals surface area contributed by atoms with Crippen LogP contribution in [-0.2, 0) is 9.63 Å². The first kappa shape index (κ1) is 21.4. The number of nitrogens with one attached hydrogen (secondary N) is 2. The SMILES string of the molecule is CNC(=O)c1cc(Br)cc(C)c1NC(=O)C1(C)CC(c2ccc([N+](=O)[O-])cc2)=NO1. The van der Waals surface area contributed by atoms with Crippen molar-refractivity contribution in [2.45, 2.75) is 25.9 Å². The molecule has 1 aliphatic heterocycles. The van der Waals surface area contributed by atoms with Gasteiger partial charge in [0.2, 0.25) is 5.60 Å². The molecule has 1 aliphatic rings. The number of oxime groups is 1. The maximum atomic E-state index is 13.0. The lowest BCUT2D eigenvalue weighted by Gasteiger charge is -2.22. The van der Waals surface area contributed by atoms with Crippen molar-refractivity contribution >= 4 is 44.8 Å². The van der Waals surface area contributed by atoms with Gasteiger partial charge in [-0.05, 0) is 49.2 Å². The molecule has 1 heterocycles. The van der Waals surface area contributed by atoms with Gasteiger partial charge in [0.1, 0.15) is 0 Å². The third-order valence-corrected chi connectivity index (χ3v) is 5.22. The van der Waals surface area contributed by atoms with E-state index in [0.29, 0.717) is 32.6 Å². The minimum Gasteiger partial charge on any atom is -0.379 e. The highest BCUT2D eigenvalue weighted by Gasteiger charge is 2.42. The molecule has 0 saturated heterocycles. The van der Waals surface area contributed by atoms with E-state index in [-0.39, 0.29) is 18.0 Å². The number of amides is 2. The normalized spacial score (nSPS) is 17.7. The molecule has 2 aromatic rings. The van der Waals surface area contributed by atoms with E-state index in [2.05, 4.69) is 31.7 Å². The van der Waals surface area contributed by atoms with Crippen molar-refractivity contribution < 1.29 is 19.3 Å². The number of rotatable bonds is 5. The molecule has 2 amide bonds. The van der Waals surface area contributed by atoms with E-state index in [1.165, 1.54) is 19.2 Å². The smallest absolute Gasteiger partial charge is 0.271 e. The van der Waals surface area contributed by atoms with Gasteiger partial charge in [-0.2, -0.15) is 0 Å². The summed E-state index contributed by atoms with van der Waals surface area (Å²) in [5.41, 5.74) is 1.20. The molecule has 0 saturated carbocycles. The van der Waals surface area contributed by atoms with Gasteiger partial charge in [0.05, 0.1) is 21.9 Å². The van der Waals surface area contributed by atoms with E-state index in [1.807, 2.05) is 0 Å². The van der Waals surface area contributed by atoms with Crippen LogP contribution < -0.4 is 10.6 Å². The number of hydrogen-bond acceptors (Lipinski definition) is 6. The number of aryl methyl sites for hydroxylation is 1. The number of hydrogen-bond donors (Lipinski definition) is 2. The fourth-order valence-electron chi connectivity index (χ4n) is 3.06. The molecule has 3 rings (SSSR count). The van der Waals surface area contributed by atoms with Crippen LogP contribution in [0.2, 0.25) is 0 Å². The molecular weight excluding hydrogens is 456 g/mol. The Bertz CT molecular complexity index is 1070. The monoisotopic (exact) mass is 474 g/mol. The summed E-state index contributed by atoms with van der Waals surface area (Å²) in [6.45, 7) is 3.38. The Hall–Kier alpha value is -3.27. The number of non-ortho nitro benzene ring substituents is 1. The van der Waals surface area contributed by atoms with Crippen LogP contribution in [0.15, 0.2) is 46.0 Å². The second-order valence-corrected chi connectivity index (χ2v) is 7.94. The predicted molar refractivity (Wildman–Crippen MR) is 115 cm³/mol. The molecule has 0 radical (unpaired) electrons. The average molecular weight is 475 g/mol. The fraction of sp³-hybridized carbons (Fsp3) is 0.250. The standard InChI is InChI=1S/C20H19BrN4O5/c1-11-8-13(21)9-15(18(26)22-3)17(11)23-19(27)20(2)10-16(24-30-20)12-4-6-14(7-5-12)25(28)29/h4-9H,10H2,1-3H3,(H,22,26)(H,23,27). The number of carbonyl (C=O) groups excluding carboxylic acids is 2. The molecule has 9 nitrogen and oxygen atoms in total. The van der Waals surface area contributed by atoms with Gasteiger partial charge < -0.3 is 15.5 Å². The van der Waals surface area contributed by atoms with E-state index in [9.17, 15) is 19.7 Å². The number of halogens is 1. The second-order valence-electron chi connectivity index (χ2n) is 7.02. The first-order chi connectivity index (χ1) is 14.1. The lowest BCUT2D eigenvalue weighted by Crippen LogP contribution is -2.41. The Kier molecular flexibility index (Phi) is 5.88. The zero-order chi connectivity index (χ0) is 22.1. The summed E-state index contributed by atoms with van der Waals surface area (Å²) in [6, 6.07) is 9.28. The van der Waals surface area contributed by atoms with E-state index < -0.39 is 16.4 Å². The quantitative estimate of drug-likeness (QED) is 0.506. The van der Waals surface area contributed by atoms with E-state index in [0.717, 1.165) is 0 Å². The van der Waals surface area contributed by atoms with Crippen molar-refractivity contribution in [2.75, 3.05) is 12.4 Å². The average Bonchev–Trinajstić information content (AvgIpc) is 3.12. The summed E-state index contributed by atoms with van der Waals surface area (Å²) in [6.07, 6.45) is 0.168. The van der Waals surface area contributed by atoms with Gasteiger partial charge >= 0.3 is 0 Å². The minimum atomic E-state index is -1.30. The molecule has 0 fully saturated rings. The summed E-state index contributed by atoms with van der Waals surface area (Å²) in [5.74, 6) is -0.797. The fourth-order valence-corrected chi connectivity index (χ4v) is 3.63. The van der Waals surface area contributed by atoms with E-state index in [1.54, 1.807) is 38.1 Å². The topological polar surface area (TPSA) is 123 Å². The maximum Gasteiger partial charge on any atom is 0.271 e. The Morgan fingerprint density at radius 1 is 1.27 bits per heavy atom. The third-order valence-electron chi connectivity index (χ3n) is 4.76. The van der Waals surface area contributed by atoms with Crippen molar-refractivity contribution in [3.63, 3.8) is 0 Å². The van der Waals surface area contributed by atoms with Crippen LogP contribution in [0.1, 0.15) is 34.8 Å². The van der Waals surface area contributed by atoms with Crippen LogP contribution in [0.4, 0.5) is 11.4 Å². The second kappa shape index (κ2) is 8.23. The molecular formula is C20H19BrN4O5. The van der Waals surface area contributed by atoms with Crippen molar-refractivity contribution in [1.29, 1.82) is 0 Å². The summed E-state index contributed by atoms with van der Waals surface area (Å²) < 4.78 is 0.712. The zero-order valence-corrected chi connectivity index (χ0v) is 18.1. The molecule has 0 aliphatic carbocycles. The number of benzene rings is 2. The van der Waals surface area contributed by atoms with Crippen LogP contribution in [0.25, 0.3) is 0 Å². The number of nitro groups is 1. The lowest BCUT2D eigenvalue weighted by molar-refractivity contribution is -0.384. The first-order valence-electron chi connectivity index (χ1n) is 8.98. The lowest BCUT2D eigenvalue weighted by atomic mass is 9.94. The molecule has 1 unspecified atom stereocenters. The van der Waals surface area contributed by atoms with Crippen molar-refractivity contribution in [2.24, 2.45) is 5.16 Å². The minimum absolute atomic E-state index is 0.0359. The molecule has 0 aromatic heterocycles. The van der Waals surface area contributed by atoms with Gasteiger partial charge in [0.15, 0.2) is 0 Å². The van der Waals surface area contributed by atoms with Crippen LogP contribution >= 0.6 is 15.9 Å².